The topological polar surface area (TPSA) is 166 Å². The molecular weight excluding hydrogens is 683 g/mol. The third-order valence-electron chi connectivity index (χ3n) is 8.89. The van der Waals surface area contributed by atoms with E-state index in [9.17, 15) is 30.7 Å². The lowest BCUT2D eigenvalue weighted by Gasteiger charge is -2.38. The smallest absolute Gasteiger partial charge is 0.225 e. The van der Waals surface area contributed by atoms with Crippen molar-refractivity contribution in [2.75, 3.05) is 65.6 Å². The average molecular weight is 762 g/mol. The van der Waals surface area contributed by atoms with E-state index in [-0.39, 0.29) is 19.1 Å². The molecule has 0 spiro atoms. The maximum absolute atomic E-state index is 12.4. The van der Waals surface area contributed by atoms with Crippen LogP contribution in [0.2, 0.25) is 0 Å². The van der Waals surface area contributed by atoms with E-state index in [1.165, 1.54) is 154 Å². The van der Waals surface area contributed by atoms with Gasteiger partial charge in [-0.1, -0.05) is 97.8 Å². The van der Waals surface area contributed by atoms with Crippen LogP contribution in [-0.4, -0.2) is 102 Å². The molecule has 0 aromatic heterocycles. The van der Waals surface area contributed by atoms with Gasteiger partial charge in [0.2, 0.25) is 26.7 Å². The predicted molar refractivity (Wildman–Crippen MR) is 202 cm³/mol. The normalized spacial score (nSPS) is 12.4. The third-order valence-corrected chi connectivity index (χ3v) is 9.94. The van der Waals surface area contributed by atoms with Gasteiger partial charge < -0.3 is 23.8 Å². The van der Waals surface area contributed by atoms with E-state index in [0.29, 0.717) is 6.42 Å². The van der Waals surface area contributed by atoms with E-state index in [2.05, 4.69) is 48.3 Å². The SMILES string of the molecule is CCCCCCCCCCCCCC[NH+](CC)CCC(=O)NCCC[N+](CC)(CCCC)CCCC.CCOS(=O)(=O)[O-].CCOS(=O)(=O)[O-]. The minimum atomic E-state index is -4.42. The summed E-state index contributed by atoms with van der Waals surface area (Å²) in [5.74, 6) is 0.257. The van der Waals surface area contributed by atoms with Crippen molar-refractivity contribution in [1.29, 1.82) is 0 Å². The molecule has 304 valence electrons. The summed E-state index contributed by atoms with van der Waals surface area (Å²) in [5, 5.41) is 3.22. The molecule has 1 unspecified atom stereocenters. The van der Waals surface area contributed by atoms with E-state index < -0.39 is 20.8 Å². The van der Waals surface area contributed by atoms with Crippen molar-refractivity contribution in [1.82, 2.24) is 5.32 Å². The lowest BCUT2D eigenvalue weighted by molar-refractivity contribution is -0.927. The molecule has 0 rings (SSSR count). The summed E-state index contributed by atoms with van der Waals surface area (Å²) in [4.78, 5) is 14.0. The van der Waals surface area contributed by atoms with E-state index >= 15 is 0 Å². The van der Waals surface area contributed by atoms with Crippen LogP contribution in [0.5, 0.6) is 0 Å². The number of amides is 1. The first-order valence-electron chi connectivity index (χ1n) is 19.8. The zero-order valence-electron chi connectivity index (χ0n) is 33.2. The molecule has 14 heteroatoms. The molecular formula is C36H79N3O9S2. The zero-order valence-corrected chi connectivity index (χ0v) is 34.9. The second-order valence-corrected chi connectivity index (χ2v) is 15.2. The van der Waals surface area contributed by atoms with Crippen molar-refractivity contribution in [2.24, 2.45) is 0 Å². The van der Waals surface area contributed by atoms with Crippen molar-refractivity contribution >= 4 is 26.7 Å². The Morgan fingerprint density at radius 2 is 0.980 bits per heavy atom. The van der Waals surface area contributed by atoms with Crippen LogP contribution in [0.1, 0.15) is 164 Å². The second-order valence-electron chi connectivity index (χ2n) is 13.1. The summed E-state index contributed by atoms with van der Waals surface area (Å²) < 4.78 is 65.3. The van der Waals surface area contributed by atoms with E-state index in [0.717, 1.165) is 26.1 Å². The van der Waals surface area contributed by atoms with Crippen molar-refractivity contribution in [3.05, 3.63) is 0 Å². The van der Waals surface area contributed by atoms with Crippen molar-refractivity contribution < 1.29 is 48.5 Å². The Morgan fingerprint density at radius 1 is 0.580 bits per heavy atom. The summed E-state index contributed by atoms with van der Waals surface area (Å²) in [6.45, 7) is 23.4. The molecule has 0 fully saturated rings. The van der Waals surface area contributed by atoms with Gasteiger partial charge in [0, 0.05) is 13.0 Å². The highest BCUT2D eigenvalue weighted by molar-refractivity contribution is 7.81. The summed E-state index contributed by atoms with van der Waals surface area (Å²) in [6.07, 6.45) is 23.8. The van der Waals surface area contributed by atoms with Crippen molar-refractivity contribution in [3.8, 4) is 0 Å². The second kappa shape index (κ2) is 36.5. The Morgan fingerprint density at radius 3 is 1.32 bits per heavy atom. The quantitative estimate of drug-likeness (QED) is 0.0368. The van der Waals surface area contributed by atoms with Gasteiger partial charge in [0.15, 0.2) is 0 Å². The largest absolute Gasteiger partial charge is 0.726 e. The molecule has 0 bridgehead atoms. The number of hydrogen-bond acceptors (Lipinski definition) is 9. The molecule has 0 aliphatic rings. The molecule has 0 aliphatic heterocycles. The van der Waals surface area contributed by atoms with Gasteiger partial charge in [-0.2, -0.15) is 0 Å². The van der Waals surface area contributed by atoms with Gasteiger partial charge in [-0.15, -0.1) is 0 Å². The van der Waals surface area contributed by atoms with Crippen molar-refractivity contribution in [2.45, 2.75) is 164 Å². The molecule has 1 amide bonds. The summed E-state index contributed by atoms with van der Waals surface area (Å²) in [7, 11) is -8.85. The molecule has 0 aliphatic carbocycles. The number of unbranched alkanes of at least 4 members (excludes halogenated alkanes) is 13. The third kappa shape index (κ3) is 41.5. The summed E-state index contributed by atoms with van der Waals surface area (Å²) >= 11 is 0. The average Bonchev–Trinajstić information content (AvgIpc) is 3.05. The predicted octanol–water partition coefficient (Wildman–Crippen LogP) is 5.89. The highest BCUT2D eigenvalue weighted by atomic mass is 32.3. The molecule has 0 aromatic rings. The van der Waals surface area contributed by atoms with Gasteiger partial charge in [-0.05, 0) is 53.4 Å². The number of carbonyl (C=O) groups excluding carboxylic acids is 1. The molecule has 12 nitrogen and oxygen atoms in total. The van der Waals surface area contributed by atoms with Crippen LogP contribution in [0.15, 0.2) is 0 Å². The van der Waals surface area contributed by atoms with Crippen LogP contribution in [0, 0.1) is 0 Å². The first-order valence-corrected chi connectivity index (χ1v) is 22.5. The molecule has 0 aromatic carbocycles. The number of quaternary nitrogens is 2. The van der Waals surface area contributed by atoms with Gasteiger partial charge in [0.25, 0.3) is 0 Å². The maximum atomic E-state index is 12.4. The fourth-order valence-electron chi connectivity index (χ4n) is 5.80. The highest BCUT2D eigenvalue weighted by Gasteiger charge is 2.23. The van der Waals surface area contributed by atoms with Crippen molar-refractivity contribution in [3.63, 3.8) is 0 Å². The zero-order chi connectivity index (χ0) is 38.6. The molecule has 0 saturated heterocycles. The van der Waals surface area contributed by atoms with Gasteiger partial charge in [-0.3, -0.25) is 13.2 Å². The first kappa shape index (κ1) is 53.5. The Labute approximate surface area is 309 Å². The fraction of sp³-hybridized carbons (Fsp3) is 0.972. The van der Waals surface area contributed by atoms with E-state index in [4.69, 9.17) is 0 Å². The summed E-state index contributed by atoms with van der Waals surface area (Å²) in [5.41, 5.74) is 0. The monoisotopic (exact) mass is 762 g/mol. The van der Waals surface area contributed by atoms with Crippen LogP contribution < -0.4 is 10.2 Å². The van der Waals surface area contributed by atoms with Gasteiger partial charge in [-0.25, -0.2) is 16.8 Å². The lowest BCUT2D eigenvalue weighted by Crippen LogP contribution is -3.11. The fourth-order valence-corrected chi connectivity index (χ4v) is 6.38. The molecule has 0 radical (unpaired) electrons. The van der Waals surface area contributed by atoms with Crippen LogP contribution in [0.4, 0.5) is 0 Å². The standard InChI is InChI=1S/C32H67N3O.2C2H6O4S/c1-6-11-14-15-16-17-18-19-20-21-22-23-27-34(9-4)28-25-32(36)33-26-24-31-35(10-5,29-12-7-2)30-13-8-3;2*1-2-6-7(3,4)5/h6-31H2,1-5H3;2*2H2,1H3,(H,3,4,5). The molecule has 0 heterocycles. The van der Waals surface area contributed by atoms with Gasteiger partial charge in [0.05, 0.1) is 65.4 Å². The number of carbonyl (C=O) groups is 1. The van der Waals surface area contributed by atoms with Crippen LogP contribution in [-0.2, 0) is 34.0 Å². The van der Waals surface area contributed by atoms with Crippen LogP contribution in [0.25, 0.3) is 0 Å². The van der Waals surface area contributed by atoms with Crippen LogP contribution >= 0.6 is 0 Å². The van der Waals surface area contributed by atoms with E-state index in [1.54, 1.807) is 4.90 Å². The Bertz CT molecular complexity index is 910. The number of hydrogen-bond donors (Lipinski definition) is 2. The summed E-state index contributed by atoms with van der Waals surface area (Å²) in [6, 6.07) is 0. The molecule has 50 heavy (non-hydrogen) atoms. The van der Waals surface area contributed by atoms with Crippen LogP contribution in [0.3, 0.4) is 0 Å². The van der Waals surface area contributed by atoms with Gasteiger partial charge >= 0.3 is 0 Å². The minimum absolute atomic E-state index is 0.0914. The number of nitrogens with zero attached hydrogens (tertiary/aromatic N) is 1. The first-order chi connectivity index (χ1) is 23.7. The molecule has 2 N–H and O–H groups in total. The van der Waals surface area contributed by atoms with Gasteiger partial charge in [0.1, 0.15) is 0 Å². The number of rotatable bonds is 32. The molecule has 1 atom stereocenters. The molecule has 0 saturated carbocycles. The van der Waals surface area contributed by atoms with E-state index in [1.807, 2.05) is 0 Å². The Balaban J connectivity index is -0.00000131. The Hall–Kier alpha value is -0.870. The highest BCUT2D eigenvalue weighted by Crippen LogP contribution is 2.14. The lowest BCUT2D eigenvalue weighted by atomic mass is 10.1. The Kier molecular flexibility index (Phi) is 39.0. The maximum Gasteiger partial charge on any atom is 0.225 e. The number of nitrogens with one attached hydrogen (secondary N) is 2. The minimum Gasteiger partial charge on any atom is -0.726 e.